The predicted molar refractivity (Wildman–Crippen MR) is 101 cm³/mol. The molecule has 2 aromatic rings. The van der Waals surface area contributed by atoms with Crippen LogP contribution < -0.4 is 10.3 Å². The van der Waals surface area contributed by atoms with E-state index in [1.54, 1.807) is 30.3 Å². The Morgan fingerprint density at radius 1 is 1.15 bits per heavy atom. The van der Waals surface area contributed by atoms with Crippen LogP contribution in [-0.4, -0.2) is 20.1 Å². The van der Waals surface area contributed by atoms with Gasteiger partial charge in [0.15, 0.2) is 0 Å². The third-order valence-electron chi connectivity index (χ3n) is 3.89. The van der Waals surface area contributed by atoms with E-state index in [0.717, 1.165) is 23.7 Å². The summed E-state index contributed by atoms with van der Waals surface area (Å²) in [6.07, 6.45) is 0.958. The van der Waals surface area contributed by atoms with E-state index in [4.69, 9.17) is 0 Å². The van der Waals surface area contributed by atoms with E-state index in [9.17, 15) is 17.6 Å². The molecule has 8 heteroatoms. The molecule has 0 aliphatic rings. The molecule has 0 aromatic heterocycles. The first-order valence-electron chi connectivity index (χ1n) is 8.11. The zero-order valence-corrected chi connectivity index (χ0v) is 16.2. The van der Waals surface area contributed by atoms with E-state index in [1.165, 1.54) is 18.2 Å². The molecule has 26 heavy (non-hydrogen) atoms. The highest BCUT2D eigenvalue weighted by atomic mass is 32.2. The summed E-state index contributed by atoms with van der Waals surface area (Å²) in [6.45, 7) is 4.13. The molecule has 2 rings (SSSR count). The number of hydrogen-bond donors (Lipinski definition) is 2. The van der Waals surface area contributed by atoms with Gasteiger partial charge in [0, 0.05) is 4.90 Å². The largest absolute Gasteiger partial charge is 0.277 e. The van der Waals surface area contributed by atoms with Crippen molar-refractivity contribution in [3.8, 4) is 0 Å². The Balaban J connectivity index is 1.91. The Morgan fingerprint density at radius 2 is 1.81 bits per heavy atom. The smallest absolute Gasteiger partial charge is 0.257 e. The Kier molecular flexibility index (Phi) is 7.19. The number of sulfonamides is 1. The Labute approximate surface area is 157 Å². The van der Waals surface area contributed by atoms with E-state index in [2.05, 4.69) is 24.1 Å². The summed E-state index contributed by atoms with van der Waals surface area (Å²) >= 11 is 0.987. The molecule has 0 bridgehead atoms. The molecule has 1 atom stereocenters. The maximum atomic E-state index is 13.5. The van der Waals surface area contributed by atoms with Crippen LogP contribution in [0.2, 0.25) is 0 Å². The van der Waals surface area contributed by atoms with Crippen LogP contribution in [0.15, 0.2) is 58.3 Å². The monoisotopic (exact) mass is 396 g/mol. The van der Waals surface area contributed by atoms with Crippen molar-refractivity contribution < 1.29 is 17.6 Å². The number of benzene rings is 2. The summed E-state index contributed by atoms with van der Waals surface area (Å²) in [7, 11) is -3.86. The topological polar surface area (TPSA) is 75.3 Å². The van der Waals surface area contributed by atoms with Crippen LogP contribution in [0.25, 0.3) is 0 Å². The number of carbonyl (C=O) groups is 1. The Bertz CT molecular complexity index is 855. The molecule has 140 valence electrons. The number of hydrogen-bond acceptors (Lipinski definition) is 4. The third-order valence-corrected chi connectivity index (χ3v) is 6.20. The predicted octanol–water partition coefficient (Wildman–Crippen LogP) is 3.44. The van der Waals surface area contributed by atoms with Crippen LogP contribution in [0.5, 0.6) is 0 Å². The van der Waals surface area contributed by atoms with Crippen LogP contribution in [0.4, 0.5) is 4.39 Å². The quantitative estimate of drug-likeness (QED) is 0.529. The molecule has 0 saturated carbocycles. The van der Waals surface area contributed by atoms with E-state index in [1.807, 2.05) is 0 Å². The van der Waals surface area contributed by atoms with Crippen LogP contribution >= 0.6 is 11.8 Å². The van der Waals surface area contributed by atoms with Crippen molar-refractivity contribution in [1.82, 2.24) is 10.3 Å². The van der Waals surface area contributed by atoms with Crippen molar-refractivity contribution in [3.05, 3.63) is 59.9 Å². The molecule has 0 aliphatic heterocycles. The summed E-state index contributed by atoms with van der Waals surface area (Å²) in [4.78, 5) is 14.2. The lowest BCUT2D eigenvalue weighted by Gasteiger charge is -2.11. The number of rotatable bonds is 8. The van der Waals surface area contributed by atoms with Crippen LogP contribution in [-0.2, 0) is 14.8 Å². The minimum atomic E-state index is -3.86. The highest BCUT2D eigenvalue weighted by molar-refractivity contribution is 8.00. The van der Waals surface area contributed by atoms with Crippen LogP contribution in [0, 0.1) is 5.82 Å². The number of carbonyl (C=O) groups excluding carboxylic acids is 1. The summed E-state index contributed by atoms with van der Waals surface area (Å²) in [6, 6.07) is 12.6. The van der Waals surface area contributed by atoms with Gasteiger partial charge in [-0.2, -0.15) is 0 Å². The fourth-order valence-corrected chi connectivity index (χ4v) is 3.74. The molecular weight excluding hydrogens is 375 g/mol. The maximum absolute atomic E-state index is 13.5. The highest BCUT2D eigenvalue weighted by Crippen LogP contribution is 2.21. The molecule has 2 N–H and O–H groups in total. The molecule has 0 fully saturated rings. The van der Waals surface area contributed by atoms with E-state index in [0.29, 0.717) is 10.8 Å². The second-order valence-electron chi connectivity index (χ2n) is 5.75. The molecule has 0 unspecified atom stereocenters. The minimum absolute atomic E-state index is 0.0617. The van der Waals surface area contributed by atoms with Crippen LogP contribution in [0.1, 0.15) is 31.7 Å². The fraction of sp³-hybridized carbons (Fsp3) is 0.278. The SMILES string of the molecule is CC[C@H](C)c1ccc(S(=O)(=O)NNC(=O)CSc2ccccc2F)cc1. The molecule has 0 saturated heterocycles. The number of halogens is 1. The number of nitrogens with one attached hydrogen (secondary N) is 2. The first-order chi connectivity index (χ1) is 12.3. The van der Waals surface area contributed by atoms with Gasteiger partial charge in [0.25, 0.3) is 10.0 Å². The first-order valence-corrected chi connectivity index (χ1v) is 10.6. The second-order valence-corrected chi connectivity index (χ2v) is 8.45. The van der Waals surface area contributed by atoms with E-state index < -0.39 is 21.7 Å². The normalized spacial score (nSPS) is 12.6. The van der Waals surface area contributed by atoms with Gasteiger partial charge in [0.1, 0.15) is 5.82 Å². The molecule has 1 amide bonds. The van der Waals surface area contributed by atoms with Gasteiger partial charge in [0.05, 0.1) is 10.6 Å². The van der Waals surface area contributed by atoms with Gasteiger partial charge < -0.3 is 0 Å². The molecule has 5 nitrogen and oxygen atoms in total. The molecule has 0 aliphatic carbocycles. The lowest BCUT2D eigenvalue weighted by atomic mass is 9.99. The fourth-order valence-electron chi connectivity index (χ4n) is 2.14. The average molecular weight is 397 g/mol. The summed E-state index contributed by atoms with van der Waals surface area (Å²) in [5.41, 5.74) is 3.19. The summed E-state index contributed by atoms with van der Waals surface area (Å²) in [5.74, 6) is -0.767. The van der Waals surface area contributed by atoms with Gasteiger partial charge in [-0.3, -0.25) is 10.2 Å². The number of amides is 1. The van der Waals surface area contributed by atoms with Gasteiger partial charge in [-0.1, -0.05) is 38.1 Å². The van der Waals surface area contributed by atoms with Crippen molar-refractivity contribution in [1.29, 1.82) is 0 Å². The lowest BCUT2D eigenvalue weighted by Crippen LogP contribution is -2.42. The van der Waals surface area contributed by atoms with Crippen LogP contribution in [0.3, 0.4) is 0 Å². The summed E-state index contributed by atoms with van der Waals surface area (Å²) in [5, 5.41) is 0. The van der Waals surface area contributed by atoms with Gasteiger partial charge in [-0.05, 0) is 42.2 Å². The van der Waals surface area contributed by atoms with Gasteiger partial charge in [-0.15, -0.1) is 16.6 Å². The van der Waals surface area contributed by atoms with Crippen molar-refractivity contribution in [2.45, 2.75) is 36.0 Å². The van der Waals surface area contributed by atoms with Crippen molar-refractivity contribution in [3.63, 3.8) is 0 Å². The lowest BCUT2D eigenvalue weighted by molar-refractivity contribution is -0.119. The average Bonchev–Trinajstić information content (AvgIpc) is 2.65. The van der Waals surface area contributed by atoms with Gasteiger partial charge in [-0.25, -0.2) is 12.8 Å². The van der Waals surface area contributed by atoms with E-state index >= 15 is 0 Å². The highest BCUT2D eigenvalue weighted by Gasteiger charge is 2.16. The Morgan fingerprint density at radius 3 is 2.42 bits per heavy atom. The second kappa shape index (κ2) is 9.16. The van der Waals surface area contributed by atoms with Gasteiger partial charge >= 0.3 is 0 Å². The van der Waals surface area contributed by atoms with Crippen molar-refractivity contribution in [2.75, 3.05) is 5.75 Å². The molecular formula is C18H21FN2O3S2. The zero-order chi connectivity index (χ0) is 19.2. The molecule has 0 spiro atoms. The Hall–Kier alpha value is -1.90. The third kappa shape index (κ3) is 5.55. The van der Waals surface area contributed by atoms with E-state index in [-0.39, 0.29) is 10.6 Å². The zero-order valence-electron chi connectivity index (χ0n) is 14.5. The standard InChI is InChI=1S/C18H21FN2O3S2/c1-3-13(2)14-8-10-15(11-9-14)26(23,24)21-20-18(22)12-25-17-7-5-4-6-16(17)19/h4-11,13,21H,3,12H2,1-2H3,(H,20,22)/t13-/m0/s1. The minimum Gasteiger partial charge on any atom is -0.277 e. The summed E-state index contributed by atoms with van der Waals surface area (Å²) < 4.78 is 37.9. The number of thioether (sulfide) groups is 1. The van der Waals surface area contributed by atoms with Crippen molar-refractivity contribution >= 4 is 27.7 Å². The number of hydrazine groups is 1. The maximum Gasteiger partial charge on any atom is 0.257 e. The molecule has 0 radical (unpaired) electrons. The molecule has 2 aromatic carbocycles. The molecule has 0 heterocycles. The first kappa shape index (κ1) is 20.4. The van der Waals surface area contributed by atoms with Gasteiger partial charge in [0.2, 0.25) is 5.91 Å². The van der Waals surface area contributed by atoms with Crippen molar-refractivity contribution in [2.24, 2.45) is 0 Å².